The van der Waals surface area contributed by atoms with E-state index in [2.05, 4.69) is 23.8 Å². The first-order valence-electron chi connectivity index (χ1n) is 8.31. The number of aliphatic hydroxyl groups excluding tert-OH is 1. The second-order valence-corrected chi connectivity index (χ2v) is 6.61. The number of rotatable bonds is 6. The van der Waals surface area contributed by atoms with Crippen LogP contribution in [-0.2, 0) is 0 Å². The van der Waals surface area contributed by atoms with Crippen molar-refractivity contribution in [1.29, 1.82) is 0 Å². The molecule has 1 saturated carbocycles. The largest absolute Gasteiger partial charge is 0.392 e. The second kappa shape index (κ2) is 7.61. The van der Waals surface area contributed by atoms with E-state index in [-0.39, 0.29) is 6.10 Å². The molecule has 19 heavy (non-hydrogen) atoms. The zero-order valence-corrected chi connectivity index (χ0v) is 12.9. The van der Waals surface area contributed by atoms with Gasteiger partial charge in [0.2, 0.25) is 0 Å². The molecule has 0 radical (unpaired) electrons. The van der Waals surface area contributed by atoms with Crippen molar-refractivity contribution in [3.63, 3.8) is 0 Å². The van der Waals surface area contributed by atoms with Crippen LogP contribution in [0.2, 0.25) is 0 Å². The van der Waals surface area contributed by atoms with Gasteiger partial charge in [0, 0.05) is 19.1 Å². The fourth-order valence-electron chi connectivity index (χ4n) is 3.94. The van der Waals surface area contributed by atoms with Crippen molar-refractivity contribution in [2.24, 2.45) is 5.92 Å². The first-order valence-corrected chi connectivity index (χ1v) is 8.31. The van der Waals surface area contributed by atoms with Crippen LogP contribution in [0, 0.1) is 5.92 Å². The average molecular weight is 268 g/mol. The standard InChI is InChI=1S/C16H32N2O/c1-3-18-11-7-10-15(18)12-17(2)13-16(19)14-8-5-4-6-9-14/h14-16,19H,3-13H2,1-2H3. The lowest BCUT2D eigenvalue weighted by molar-refractivity contribution is 0.0486. The van der Waals surface area contributed by atoms with Crippen LogP contribution >= 0.6 is 0 Å². The van der Waals surface area contributed by atoms with Gasteiger partial charge < -0.3 is 10.0 Å². The highest BCUT2D eigenvalue weighted by molar-refractivity contribution is 4.82. The lowest BCUT2D eigenvalue weighted by Crippen LogP contribution is -2.42. The smallest absolute Gasteiger partial charge is 0.0695 e. The predicted molar refractivity (Wildman–Crippen MR) is 80.3 cm³/mol. The number of likely N-dealkylation sites (tertiary alicyclic amines) is 1. The number of hydrogen-bond donors (Lipinski definition) is 1. The summed E-state index contributed by atoms with van der Waals surface area (Å²) in [6.07, 6.45) is 9.04. The summed E-state index contributed by atoms with van der Waals surface area (Å²) < 4.78 is 0. The molecule has 1 heterocycles. The van der Waals surface area contributed by atoms with E-state index in [0.29, 0.717) is 12.0 Å². The van der Waals surface area contributed by atoms with Gasteiger partial charge in [0.05, 0.1) is 6.10 Å². The minimum Gasteiger partial charge on any atom is -0.392 e. The zero-order chi connectivity index (χ0) is 13.7. The van der Waals surface area contributed by atoms with E-state index in [1.54, 1.807) is 0 Å². The predicted octanol–water partition coefficient (Wildman–Crippen LogP) is 2.34. The molecule has 2 unspecified atom stereocenters. The van der Waals surface area contributed by atoms with Gasteiger partial charge in [-0.05, 0) is 51.7 Å². The molecule has 0 amide bonds. The van der Waals surface area contributed by atoms with Gasteiger partial charge in [0.25, 0.3) is 0 Å². The molecule has 2 aliphatic rings. The van der Waals surface area contributed by atoms with Gasteiger partial charge in [0.1, 0.15) is 0 Å². The molecule has 2 rings (SSSR count). The lowest BCUT2D eigenvalue weighted by Gasteiger charge is -2.32. The Balaban J connectivity index is 1.72. The molecule has 3 nitrogen and oxygen atoms in total. The van der Waals surface area contributed by atoms with Crippen LogP contribution in [0.15, 0.2) is 0 Å². The summed E-state index contributed by atoms with van der Waals surface area (Å²) in [5.74, 6) is 0.557. The van der Waals surface area contributed by atoms with Crippen molar-refractivity contribution in [1.82, 2.24) is 9.80 Å². The van der Waals surface area contributed by atoms with Gasteiger partial charge in [-0.1, -0.05) is 26.2 Å². The maximum Gasteiger partial charge on any atom is 0.0695 e. The molecular formula is C16H32N2O. The monoisotopic (exact) mass is 268 g/mol. The van der Waals surface area contributed by atoms with Crippen LogP contribution in [0.5, 0.6) is 0 Å². The molecule has 2 atom stereocenters. The third kappa shape index (κ3) is 4.44. The minimum absolute atomic E-state index is 0.109. The topological polar surface area (TPSA) is 26.7 Å². The summed E-state index contributed by atoms with van der Waals surface area (Å²) in [6, 6.07) is 0.716. The SMILES string of the molecule is CCN1CCCC1CN(C)CC(O)C1CCCCC1. The fourth-order valence-corrected chi connectivity index (χ4v) is 3.94. The second-order valence-electron chi connectivity index (χ2n) is 6.61. The Morgan fingerprint density at radius 1 is 1.16 bits per heavy atom. The van der Waals surface area contributed by atoms with Crippen LogP contribution in [0.3, 0.4) is 0 Å². The molecule has 0 aromatic carbocycles. The number of aliphatic hydroxyl groups is 1. The zero-order valence-electron chi connectivity index (χ0n) is 12.9. The van der Waals surface area contributed by atoms with E-state index >= 15 is 0 Å². The molecule has 3 heteroatoms. The Bertz CT molecular complexity index is 253. The molecule has 1 saturated heterocycles. The van der Waals surface area contributed by atoms with Crippen LogP contribution in [0.1, 0.15) is 51.9 Å². The van der Waals surface area contributed by atoms with E-state index in [1.807, 2.05) is 0 Å². The molecule has 1 aliphatic heterocycles. The highest BCUT2D eigenvalue weighted by atomic mass is 16.3. The first kappa shape index (κ1) is 15.3. The maximum atomic E-state index is 10.4. The Hall–Kier alpha value is -0.120. The van der Waals surface area contributed by atoms with Gasteiger partial charge in [-0.2, -0.15) is 0 Å². The Labute approximate surface area is 119 Å². The van der Waals surface area contributed by atoms with E-state index in [0.717, 1.165) is 13.1 Å². The van der Waals surface area contributed by atoms with Crippen molar-refractivity contribution >= 4 is 0 Å². The molecule has 2 fully saturated rings. The summed E-state index contributed by atoms with van der Waals surface area (Å²) in [5, 5.41) is 10.4. The number of likely N-dealkylation sites (N-methyl/N-ethyl adjacent to an activating group) is 2. The highest BCUT2D eigenvalue weighted by Gasteiger charge is 2.26. The highest BCUT2D eigenvalue weighted by Crippen LogP contribution is 2.27. The molecule has 1 aliphatic carbocycles. The van der Waals surface area contributed by atoms with Crippen LogP contribution in [-0.4, -0.2) is 60.3 Å². The number of nitrogens with zero attached hydrogens (tertiary/aromatic N) is 2. The van der Waals surface area contributed by atoms with Gasteiger partial charge in [-0.15, -0.1) is 0 Å². The molecule has 0 spiro atoms. The van der Waals surface area contributed by atoms with Gasteiger partial charge in [-0.3, -0.25) is 4.90 Å². The summed E-state index contributed by atoms with van der Waals surface area (Å²) in [6.45, 7) is 6.68. The normalized spacial score (nSPS) is 28.1. The van der Waals surface area contributed by atoms with Crippen molar-refractivity contribution in [2.75, 3.05) is 33.2 Å². The third-order valence-electron chi connectivity index (χ3n) is 5.12. The van der Waals surface area contributed by atoms with E-state index in [1.165, 1.54) is 58.0 Å². The fraction of sp³-hybridized carbons (Fsp3) is 1.00. The van der Waals surface area contributed by atoms with Crippen LogP contribution in [0.4, 0.5) is 0 Å². The molecule has 112 valence electrons. The quantitative estimate of drug-likeness (QED) is 0.801. The first-order chi connectivity index (χ1) is 9.20. The molecule has 0 aromatic rings. The molecule has 1 N–H and O–H groups in total. The van der Waals surface area contributed by atoms with Crippen molar-refractivity contribution in [3.05, 3.63) is 0 Å². The summed E-state index contributed by atoms with van der Waals surface area (Å²) in [4.78, 5) is 4.95. The Kier molecular flexibility index (Phi) is 6.11. The van der Waals surface area contributed by atoms with E-state index in [4.69, 9.17) is 0 Å². The van der Waals surface area contributed by atoms with Crippen molar-refractivity contribution in [2.45, 2.75) is 64.0 Å². The van der Waals surface area contributed by atoms with Crippen molar-refractivity contribution in [3.8, 4) is 0 Å². The molecule has 0 aromatic heterocycles. The Morgan fingerprint density at radius 2 is 1.89 bits per heavy atom. The average Bonchev–Trinajstić information content (AvgIpc) is 2.86. The number of hydrogen-bond acceptors (Lipinski definition) is 3. The summed E-state index contributed by atoms with van der Waals surface area (Å²) >= 11 is 0. The lowest BCUT2D eigenvalue weighted by atomic mass is 9.85. The molecule has 0 bridgehead atoms. The Morgan fingerprint density at radius 3 is 2.58 bits per heavy atom. The maximum absolute atomic E-state index is 10.4. The summed E-state index contributed by atoms with van der Waals surface area (Å²) in [5.41, 5.74) is 0. The van der Waals surface area contributed by atoms with Gasteiger partial charge in [-0.25, -0.2) is 0 Å². The molecular weight excluding hydrogens is 236 g/mol. The van der Waals surface area contributed by atoms with Crippen molar-refractivity contribution < 1.29 is 5.11 Å². The summed E-state index contributed by atoms with van der Waals surface area (Å²) in [7, 11) is 2.18. The van der Waals surface area contributed by atoms with Gasteiger partial charge in [0.15, 0.2) is 0 Å². The van der Waals surface area contributed by atoms with Crippen LogP contribution in [0.25, 0.3) is 0 Å². The third-order valence-corrected chi connectivity index (χ3v) is 5.12. The van der Waals surface area contributed by atoms with Gasteiger partial charge >= 0.3 is 0 Å². The van der Waals surface area contributed by atoms with Crippen LogP contribution < -0.4 is 0 Å². The minimum atomic E-state index is -0.109. The van der Waals surface area contributed by atoms with E-state index in [9.17, 15) is 5.11 Å². The van der Waals surface area contributed by atoms with E-state index < -0.39 is 0 Å².